The first-order valence-electron chi connectivity index (χ1n) is 5.74. The maximum Gasteiger partial charge on any atom is 0.129 e. The summed E-state index contributed by atoms with van der Waals surface area (Å²) in [5, 5.41) is 0.522. The Hall–Kier alpha value is -1.02. The van der Waals surface area contributed by atoms with Gasteiger partial charge in [0.15, 0.2) is 0 Å². The zero-order valence-corrected chi connectivity index (χ0v) is 10.8. The number of pyridine rings is 1. The van der Waals surface area contributed by atoms with Crippen molar-refractivity contribution in [3.05, 3.63) is 35.6 Å². The van der Waals surface area contributed by atoms with E-state index in [4.69, 9.17) is 11.6 Å². The van der Waals surface area contributed by atoms with Crippen molar-refractivity contribution >= 4 is 17.3 Å². The molecule has 0 aromatic carbocycles. The average Bonchev–Trinajstić information content (AvgIpc) is 2.29. The van der Waals surface area contributed by atoms with Crippen LogP contribution in [0.4, 0.5) is 0 Å². The van der Waals surface area contributed by atoms with Crippen molar-refractivity contribution in [2.45, 2.75) is 26.7 Å². The summed E-state index contributed by atoms with van der Waals surface area (Å²) < 4.78 is 0. The fourth-order valence-corrected chi connectivity index (χ4v) is 1.76. The minimum Gasteiger partial charge on any atom is -0.372 e. The Kier molecular flexibility index (Phi) is 5.33. The van der Waals surface area contributed by atoms with Crippen molar-refractivity contribution < 1.29 is 0 Å². The predicted molar refractivity (Wildman–Crippen MR) is 70.4 cm³/mol. The zero-order chi connectivity index (χ0) is 12.0. The van der Waals surface area contributed by atoms with Gasteiger partial charge in [0.05, 0.1) is 0 Å². The molecule has 0 radical (unpaired) electrons. The zero-order valence-electron chi connectivity index (χ0n) is 10.0. The van der Waals surface area contributed by atoms with Crippen LogP contribution in [0.2, 0.25) is 5.15 Å². The number of hydrogen-bond donors (Lipinski definition) is 0. The molecule has 0 aliphatic carbocycles. The topological polar surface area (TPSA) is 16.1 Å². The molecule has 1 aromatic rings. The number of hydrogen-bond acceptors (Lipinski definition) is 2. The lowest BCUT2D eigenvalue weighted by Gasteiger charge is -2.25. The maximum atomic E-state index is 5.76. The molecule has 1 rings (SSSR count). The first-order chi connectivity index (χ1) is 7.69. The lowest BCUT2D eigenvalue weighted by atomic mass is 10.2. The Morgan fingerprint density at radius 2 is 1.94 bits per heavy atom. The molecule has 0 saturated heterocycles. The summed E-state index contributed by atoms with van der Waals surface area (Å²) in [6, 6.07) is 3.77. The van der Waals surface area contributed by atoms with E-state index in [0.29, 0.717) is 5.15 Å². The molecule has 16 heavy (non-hydrogen) atoms. The predicted octanol–water partition coefficient (Wildman–Crippen LogP) is 3.83. The van der Waals surface area contributed by atoms with Crippen molar-refractivity contribution in [3.63, 3.8) is 0 Å². The molecular weight excluding hydrogens is 220 g/mol. The van der Waals surface area contributed by atoms with E-state index < -0.39 is 0 Å². The molecule has 0 atom stereocenters. The molecule has 0 N–H and O–H groups in total. The molecule has 0 bridgehead atoms. The Labute approximate surface area is 103 Å². The molecule has 0 unspecified atom stereocenters. The van der Waals surface area contributed by atoms with Gasteiger partial charge >= 0.3 is 0 Å². The lowest BCUT2D eigenvalue weighted by Crippen LogP contribution is -2.23. The van der Waals surface area contributed by atoms with Gasteiger partial charge in [0.1, 0.15) is 5.15 Å². The van der Waals surface area contributed by atoms with E-state index in [1.54, 1.807) is 12.3 Å². The molecule has 3 heteroatoms. The van der Waals surface area contributed by atoms with Gasteiger partial charge in [-0.1, -0.05) is 32.0 Å². The van der Waals surface area contributed by atoms with E-state index >= 15 is 0 Å². The second-order valence-electron chi connectivity index (χ2n) is 3.80. The van der Waals surface area contributed by atoms with Gasteiger partial charge in [-0.2, -0.15) is 0 Å². The number of halogens is 1. The highest BCUT2D eigenvalue weighted by Gasteiger charge is 2.08. The van der Waals surface area contributed by atoms with Crippen LogP contribution in [0.5, 0.6) is 0 Å². The van der Waals surface area contributed by atoms with Crippen LogP contribution in [0.1, 0.15) is 32.3 Å². The molecule has 0 saturated carbocycles. The Balaban J connectivity index is 2.77. The summed E-state index contributed by atoms with van der Waals surface area (Å²) in [4.78, 5) is 6.38. The fourth-order valence-electron chi connectivity index (χ4n) is 1.65. The molecule has 0 spiro atoms. The van der Waals surface area contributed by atoms with Gasteiger partial charge in [-0.3, -0.25) is 0 Å². The van der Waals surface area contributed by atoms with Gasteiger partial charge in [-0.15, -0.1) is 0 Å². The average molecular weight is 239 g/mol. The summed E-state index contributed by atoms with van der Waals surface area (Å²) in [7, 11) is 0. The van der Waals surface area contributed by atoms with E-state index in [9.17, 15) is 0 Å². The van der Waals surface area contributed by atoms with E-state index in [-0.39, 0.29) is 0 Å². The largest absolute Gasteiger partial charge is 0.372 e. The second kappa shape index (κ2) is 6.54. The quantitative estimate of drug-likeness (QED) is 0.701. The first kappa shape index (κ1) is 13.0. The van der Waals surface area contributed by atoms with Gasteiger partial charge in [0, 0.05) is 30.5 Å². The fraction of sp³-hybridized carbons (Fsp3) is 0.462. The monoisotopic (exact) mass is 238 g/mol. The maximum absolute atomic E-state index is 5.76. The van der Waals surface area contributed by atoms with E-state index in [1.807, 2.05) is 6.07 Å². The van der Waals surface area contributed by atoms with Crippen LogP contribution < -0.4 is 0 Å². The molecule has 1 aromatic heterocycles. The Morgan fingerprint density at radius 3 is 2.38 bits per heavy atom. The minimum atomic E-state index is 0.522. The van der Waals surface area contributed by atoms with Crippen molar-refractivity contribution in [1.82, 2.24) is 9.88 Å². The molecule has 2 nitrogen and oxygen atoms in total. The van der Waals surface area contributed by atoms with Gasteiger partial charge in [0.25, 0.3) is 0 Å². The summed E-state index contributed by atoms with van der Waals surface area (Å²) in [5.41, 5.74) is 2.08. The molecule has 0 amide bonds. The van der Waals surface area contributed by atoms with E-state index in [1.165, 1.54) is 0 Å². The minimum absolute atomic E-state index is 0.522. The van der Waals surface area contributed by atoms with E-state index in [0.717, 1.165) is 37.2 Å². The third-order valence-corrected chi connectivity index (χ3v) is 2.65. The molecule has 88 valence electrons. The molecule has 0 fully saturated rings. The third kappa shape index (κ3) is 3.53. The molecule has 0 aliphatic rings. The molecule has 0 aliphatic heterocycles. The third-order valence-electron chi connectivity index (χ3n) is 2.43. The first-order valence-corrected chi connectivity index (χ1v) is 6.12. The summed E-state index contributed by atoms with van der Waals surface area (Å²) in [6.45, 7) is 10.6. The highest BCUT2D eigenvalue weighted by Crippen LogP contribution is 2.18. The Bertz CT molecular complexity index is 326. The number of nitrogens with zero attached hydrogens (tertiary/aromatic N) is 2. The van der Waals surface area contributed by atoms with Crippen LogP contribution >= 0.6 is 11.6 Å². The van der Waals surface area contributed by atoms with Gasteiger partial charge in [0.2, 0.25) is 0 Å². The van der Waals surface area contributed by atoms with Crippen molar-refractivity contribution in [3.8, 4) is 0 Å². The van der Waals surface area contributed by atoms with Crippen molar-refractivity contribution in [2.24, 2.45) is 0 Å². The standard InChI is InChI=1S/C13H19ClN2/c1-4-8-16(9-5-2)11(3)12-6-7-13(14)15-10-12/h6-7,10H,3-5,8-9H2,1-2H3. The SMILES string of the molecule is C=C(c1ccc(Cl)nc1)N(CCC)CCC. The van der Waals surface area contributed by atoms with Crippen molar-refractivity contribution in [2.75, 3.05) is 13.1 Å². The van der Waals surface area contributed by atoms with Crippen molar-refractivity contribution in [1.29, 1.82) is 0 Å². The smallest absolute Gasteiger partial charge is 0.129 e. The summed E-state index contributed by atoms with van der Waals surface area (Å²) in [6.07, 6.45) is 4.03. The summed E-state index contributed by atoms with van der Waals surface area (Å²) >= 11 is 5.76. The number of aromatic nitrogens is 1. The van der Waals surface area contributed by atoms with Gasteiger partial charge in [-0.25, -0.2) is 4.98 Å². The van der Waals surface area contributed by atoms with Gasteiger partial charge in [-0.05, 0) is 25.0 Å². The van der Waals surface area contributed by atoms with Crippen LogP contribution in [0.15, 0.2) is 24.9 Å². The molecular formula is C13H19ClN2. The van der Waals surface area contributed by atoms with E-state index in [2.05, 4.69) is 30.3 Å². The van der Waals surface area contributed by atoms with Crippen LogP contribution in [-0.4, -0.2) is 23.0 Å². The summed E-state index contributed by atoms with van der Waals surface area (Å²) in [5.74, 6) is 0. The van der Waals surface area contributed by atoms with Crippen LogP contribution in [0, 0.1) is 0 Å². The normalized spacial score (nSPS) is 10.2. The highest BCUT2D eigenvalue weighted by atomic mass is 35.5. The highest BCUT2D eigenvalue weighted by molar-refractivity contribution is 6.29. The Morgan fingerprint density at radius 1 is 1.31 bits per heavy atom. The van der Waals surface area contributed by atoms with Gasteiger partial charge < -0.3 is 4.90 Å². The lowest BCUT2D eigenvalue weighted by molar-refractivity contribution is 0.397. The van der Waals surface area contributed by atoms with Crippen LogP contribution in [0.3, 0.4) is 0 Å². The van der Waals surface area contributed by atoms with Crippen LogP contribution in [-0.2, 0) is 0 Å². The second-order valence-corrected chi connectivity index (χ2v) is 4.19. The van der Waals surface area contributed by atoms with Crippen LogP contribution in [0.25, 0.3) is 5.70 Å². The molecule has 1 heterocycles. The number of rotatable bonds is 6.